The molecule has 5 rings (SSSR count). The molecule has 2 aliphatic heterocycles. The van der Waals surface area contributed by atoms with Crippen LogP contribution in [0, 0.1) is 5.92 Å². The molecular weight excluding hydrogens is 580 g/mol. The van der Waals surface area contributed by atoms with Crippen LogP contribution >= 0.6 is 0 Å². The zero-order valence-electron chi connectivity index (χ0n) is 24.2. The van der Waals surface area contributed by atoms with Crippen LogP contribution in [0.5, 0.6) is 17.2 Å². The maximum absolute atomic E-state index is 13.7. The summed E-state index contributed by atoms with van der Waals surface area (Å²) < 4.78 is 46.7. The number of nitrogens with zero attached hydrogens (tertiary/aromatic N) is 4. The monoisotopic (exact) mass is 614 g/mol. The van der Waals surface area contributed by atoms with Gasteiger partial charge >= 0.3 is 6.03 Å². The Morgan fingerprint density at radius 2 is 1.88 bits per heavy atom. The second kappa shape index (κ2) is 12.0. The maximum Gasteiger partial charge on any atom is 0.321 e. The van der Waals surface area contributed by atoms with Crippen LogP contribution in [0.2, 0.25) is 0 Å². The summed E-state index contributed by atoms with van der Waals surface area (Å²) in [5.74, 6) is 0.704. The molecule has 3 heterocycles. The van der Waals surface area contributed by atoms with E-state index in [1.165, 1.54) is 45.1 Å². The van der Waals surface area contributed by atoms with E-state index in [1.54, 1.807) is 39.2 Å². The van der Waals surface area contributed by atoms with Crippen molar-refractivity contribution >= 4 is 33.3 Å². The molecule has 2 aliphatic rings. The number of rotatable bonds is 8. The summed E-state index contributed by atoms with van der Waals surface area (Å²) >= 11 is 0. The van der Waals surface area contributed by atoms with Crippen LogP contribution in [-0.2, 0) is 17.1 Å². The van der Waals surface area contributed by atoms with Crippen molar-refractivity contribution in [2.45, 2.75) is 31.0 Å². The Balaban J connectivity index is 1.38. The molecule has 0 radical (unpaired) electrons. The van der Waals surface area contributed by atoms with Crippen molar-refractivity contribution in [1.82, 2.24) is 19.4 Å². The van der Waals surface area contributed by atoms with Gasteiger partial charge in [0, 0.05) is 50.2 Å². The number of aromatic nitrogens is 2. The SMILES string of the molecule is C[C@@H]1CN([C@@H](C)CO)C(=O)c2cc(NS(=O)(=O)c3cn(C)cn3)ccc2O[C@@H]1CN(C)C(=O)Nc1ccc2c(c1)OCO2. The number of carbonyl (C=O) groups excluding carboxylic acids is 2. The lowest BCUT2D eigenvalue weighted by molar-refractivity contribution is 0.0371. The number of hydrogen-bond donors (Lipinski definition) is 3. The van der Waals surface area contributed by atoms with Gasteiger partial charge in [-0.2, -0.15) is 8.42 Å². The van der Waals surface area contributed by atoms with Crippen molar-refractivity contribution in [3.8, 4) is 17.2 Å². The minimum Gasteiger partial charge on any atom is -0.487 e. The largest absolute Gasteiger partial charge is 0.487 e. The number of amides is 3. The molecule has 3 N–H and O–H groups in total. The molecule has 0 unspecified atom stereocenters. The molecule has 0 saturated carbocycles. The second-order valence-electron chi connectivity index (χ2n) is 10.7. The van der Waals surface area contributed by atoms with Gasteiger partial charge in [0.15, 0.2) is 16.5 Å². The fourth-order valence-electron chi connectivity index (χ4n) is 4.79. The summed E-state index contributed by atoms with van der Waals surface area (Å²) in [4.78, 5) is 33.7. The standard InChI is InChI=1S/C28H34N6O8S/c1-17-11-34(18(2)14-35)27(36)21-9-20(31-43(38,39)26-13-32(3)15-29-26)6-7-22(21)42-25(17)12-33(4)28(37)30-19-5-8-23-24(10-19)41-16-40-23/h5-10,13,15,17-18,25,31,35H,11-12,14,16H2,1-4H3,(H,30,37)/t17-,18+,25-/m1/s1. The third-order valence-electron chi connectivity index (χ3n) is 7.30. The number of carbonyl (C=O) groups is 2. The molecule has 2 aromatic carbocycles. The summed E-state index contributed by atoms with van der Waals surface area (Å²) in [6.45, 7) is 3.87. The predicted molar refractivity (Wildman–Crippen MR) is 156 cm³/mol. The van der Waals surface area contributed by atoms with E-state index >= 15 is 0 Å². The van der Waals surface area contributed by atoms with Crippen LogP contribution in [0.15, 0.2) is 53.9 Å². The van der Waals surface area contributed by atoms with Gasteiger partial charge in [0.2, 0.25) is 6.79 Å². The van der Waals surface area contributed by atoms with Crippen LogP contribution in [0.1, 0.15) is 24.2 Å². The minimum absolute atomic E-state index is 0.117. The molecule has 0 saturated heterocycles. The molecule has 43 heavy (non-hydrogen) atoms. The van der Waals surface area contributed by atoms with E-state index in [1.807, 2.05) is 6.92 Å². The first-order valence-electron chi connectivity index (χ1n) is 13.6. The number of likely N-dealkylation sites (N-methyl/N-ethyl adjacent to an activating group) is 1. The highest BCUT2D eigenvalue weighted by molar-refractivity contribution is 7.92. The van der Waals surface area contributed by atoms with Gasteiger partial charge in [-0.25, -0.2) is 9.78 Å². The topological polar surface area (TPSA) is 165 Å². The molecule has 0 spiro atoms. The number of aryl methyl sites for hydroxylation is 1. The van der Waals surface area contributed by atoms with Crippen LogP contribution < -0.4 is 24.2 Å². The normalized spacial score (nSPS) is 18.6. The highest BCUT2D eigenvalue weighted by Crippen LogP contribution is 2.35. The van der Waals surface area contributed by atoms with Crippen molar-refractivity contribution in [3.05, 3.63) is 54.5 Å². The number of sulfonamides is 1. The van der Waals surface area contributed by atoms with Crippen molar-refractivity contribution in [2.24, 2.45) is 13.0 Å². The minimum atomic E-state index is -4.02. The van der Waals surface area contributed by atoms with Gasteiger partial charge in [0.25, 0.3) is 15.9 Å². The molecule has 0 bridgehead atoms. The van der Waals surface area contributed by atoms with Gasteiger partial charge in [-0.15, -0.1) is 0 Å². The number of urea groups is 1. The number of fused-ring (bicyclic) bond motifs is 2. The predicted octanol–water partition coefficient (Wildman–Crippen LogP) is 2.33. The lowest BCUT2D eigenvalue weighted by atomic mass is 9.99. The Kier molecular flexibility index (Phi) is 8.37. The second-order valence-corrected chi connectivity index (χ2v) is 12.3. The fourth-order valence-corrected chi connectivity index (χ4v) is 5.82. The fraction of sp³-hybridized carbons (Fsp3) is 0.393. The molecule has 1 aromatic heterocycles. The van der Waals surface area contributed by atoms with E-state index in [2.05, 4.69) is 15.0 Å². The lowest BCUT2D eigenvalue weighted by Gasteiger charge is -2.38. The van der Waals surface area contributed by atoms with Crippen molar-refractivity contribution in [2.75, 3.05) is 43.6 Å². The zero-order chi connectivity index (χ0) is 30.9. The third-order valence-corrected chi connectivity index (χ3v) is 8.56. The van der Waals surface area contributed by atoms with Crippen LogP contribution in [0.3, 0.4) is 0 Å². The summed E-state index contributed by atoms with van der Waals surface area (Å²) in [6, 6.07) is 8.61. The Labute approximate surface area is 249 Å². The number of hydrogen-bond acceptors (Lipinski definition) is 9. The van der Waals surface area contributed by atoms with Gasteiger partial charge < -0.3 is 39.0 Å². The average molecular weight is 615 g/mol. The number of aliphatic hydroxyl groups excluding tert-OH is 1. The van der Waals surface area contributed by atoms with Crippen molar-refractivity contribution < 1.29 is 37.3 Å². The number of benzene rings is 2. The van der Waals surface area contributed by atoms with E-state index in [-0.39, 0.29) is 60.5 Å². The Morgan fingerprint density at radius 3 is 2.60 bits per heavy atom. The maximum atomic E-state index is 13.7. The molecule has 3 aromatic rings. The highest BCUT2D eigenvalue weighted by Gasteiger charge is 2.34. The Morgan fingerprint density at radius 1 is 1.16 bits per heavy atom. The van der Waals surface area contributed by atoms with Gasteiger partial charge in [0.05, 0.1) is 31.1 Å². The number of nitrogens with one attached hydrogen (secondary N) is 2. The molecule has 0 fully saturated rings. The zero-order valence-corrected chi connectivity index (χ0v) is 25.0. The molecule has 0 aliphatic carbocycles. The first kappa shape index (κ1) is 30.0. The highest BCUT2D eigenvalue weighted by atomic mass is 32.2. The molecule has 3 atom stereocenters. The van der Waals surface area contributed by atoms with Crippen molar-refractivity contribution in [3.63, 3.8) is 0 Å². The molecular formula is C28H34N6O8S. The number of aliphatic hydroxyl groups is 1. The number of imidazole rings is 1. The van der Waals surface area contributed by atoms with Gasteiger partial charge in [0.1, 0.15) is 11.9 Å². The van der Waals surface area contributed by atoms with Gasteiger partial charge in [-0.1, -0.05) is 6.92 Å². The average Bonchev–Trinajstić information content (AvgIpc) is 3.63. The molecule has 230 valence electrons. The summed E-state index contributed by atoms with van der Waals surface area (Å²) in [6.07, 6.45) is 2.18. The van der Waals surface area contributed by atoms with E-state index in [0.29, 0.717) is 17.2 Å². The Bertz CT molecular complexity index is 1630. The number of ether oxygens (including phenoxy) is 3. The molecule has 14 nitrogen and oxygen atoms in total. The van der Waals surface area contributed by atoms with E-state index in [4.69, 9.17) is 14.2 Å². The lowest BCUT2D eigenvalue weighted by Crippen LogP contribution is -2.50. The smallest absolute Gasteiger partial charge is 0.321 e. The third kappa shape index (κ3) is 6.46. The summed E-state index contributed by atoms with van der Waals surface area (Å²) in [5, 5.41) is 12.6. The Hall–Kier alpha value is -4.50. The van der Waals surface area contributed by atoms with E-state index in [9.17, 15) is 23.1 Å². The number of anilines is 2. The molecule has 3 amide bonds. The van der Waals surface area contributed by atoms with Crippen LogP contribution in [-0.4, -0.2) is 90.5 Å². The van der Waals surface area contributed by atoms with Crippen LogP contribution in [0.4, 0.5) is 16.2 Å². The van der Waals surface area contributed by atoms with E-state index < -0.39 is 28.1 Å². The first-order valence-corrected chi connectivity index (χ1v) is 15.1. The summed E-state index contributed by atoms with van der Waals surface area (Å²) in [5.41, 5.74) is 0.793. The summed E-state index contributed by atoms with van der Waals surface area (Å²) in [7, 11) is -0.731. The van der Waals surface area contributed by atoms with Crippen LogP contribution in [0.25, 0.3) is 0 Å². The van der Waals surface area contributed by atoms with Gasteiger partial charge in [-0.3, -0.25) is 9.52 Å². The first-order chi connectivity index (χ1) is 20.4. The van der Waals surface area contributed by atoms with Gasteiger partial charge in [-0.05, 0) is 37.3 Å². The quantitative estimate of drug-likeness (QED) is 0.345. The molecule has 15 heteroatoms. The van der Waals surface area contributed by atoms with Crippen molar-refractivity contribution in [1.29, 1.82) is 0 Å². The van der Waals surface area contributed by atoms with E-state index in [0.717, 1.165) is 0 Å².